The topological polar surface area (TPSA) is 108 Å². The molecule has 0 aliphatic carbocycles. The van der Waals surface area contributed by atoms with Crippen molar-refractivity contribution in [2.75, 3.05) is 49.3 Å². The van der Waals surface area contributed by atoms with Gasteiger partial charge in [-0.05, 0) is 37.6 Å². The zero-order valence-electron chi connectivity index (χ0n) is 17.7. The maximum absolute atomic E-state index is 12.9. The van der Waals surface area contributed by atoms with E-state index in [0.717, 1.165) is 49.9 Å². The average Bonchev–Trinajstić information content (AvgIpc) is 2.75. The molecule has 1 unspecified atom stereocenters. The Morgan fingerprint density at radius 3 is 2.39 bits per heavy atom. The fourth-order valence-electron chi connectivity index (χ4n) is 4.26. The summed E-state index contributed by atoms with van der Waals surface area (Å²) in [4.78, 5) is 15.8. The third kappa shape index (κ3) is 4.65. The van der Waals surface area contributed by atoms with Gasteiger partial charge in [0.1, 0.15) is 5.69 Å². The molecule has 2 bridgehead atoms. The standard InChI is InChI=1S/C21H27N5O4S/c1-15-3-5-19(16(2)11-15)23-31(29,30)18-4-6-20(21(12-18)26(27)28)22-13-17-14-24-7-9-25(17)10-8-24/h3-6,11-12,17,22-23H,7-10,13-14H2,1-2H3. The van der Waals surface area contributed by atoms with Gasteiger partial charge in [-0.15, -0.1) is 0 Å². The number of nitrogens with zero attached hydrogens (tertiary/aromatic N) is 3. The van der Waals surface area contributed by atoms with E-state index in [0.29, 0.717) is 17.9 Å². The van der Waals surface area contributed by atoms with Gasteiger partial charge in [-0.25, -0.2) is 8.42 Å². The lowest BCUT2D eigenvalue weighted by Gasteiger charge is -2.47. The molecule has 3 saturated heterocycles. The van der Waals surface area contributed by atoms with Gasteiger partial charge in [-0.2, -0.15) is 0 Å². The van der Waals surface area contributed by atoms with Crippen LogP contribution in [0.2, 0.25) is 0 Å². The molecule has 166 valence electrons. The van der Waals surface area contributed by atoms with E-state index in [1.165, 1.54) is 12.1 Å². The first-order valence-corrected chi connectivity index (χ1v) is 11.8. The second-order valence-electron chi connectivity index (χ2n) is 8.23. The third-order valence-electron chi connectivity index (χ3n) is 6.02. The number of hydrogen-bond acceptors (Lipinski definition) is 7. The zero-order chi connectivity index (χ0) is 22.2. The molecule has 9 nitrogen and oxygen atoms in total. The lowest BCUT2D eigenvalue weighted by molar-refractivity contribution is -0.384. The predicted molar refractivity (Wildman–Crippen MR) is 120 cm³/mol. The Bertz CT molecular complexity index is 1100. The van der Waals surface area contributed by atoms with E-state index in [4.69, 9.17) is 0 Å². The van der Waals surface area contributed by atoms with Crippen molar-refractivity contribution in [3.05, 3.63) is 57.6 Å². The highest BCUT2D eigenvalue weighted by Crippen LogP contribution is 2.29. The van der Waals surface area contributed by atoms with Crippen molar-refractivity contribution in [2.24, 2.45) is 0 Å². The molecule has 0 aromatic heterocycles. The molecule has 3 heterocycles. The van der Waals surface area contributed by atoms with Crippen LogP contribution in [-0.2, 0) is 10.0 Å². The molecule has 0 spiro atoms. The average molecular weight is 446 g/mol. The summed E-state index contributed by atoms with van der Waals surface area (Å²) < 4.78 is 28.2. The molecule has 5 rings (SSSR count). The number of aryl methyl sites for hydroxylation is 2. The summed E-state index contributed by atoms with van der Waals surface area (Å²) in [6, 6.07) is 9.66. The number of nitrogens with one attached hydrogen (secondary N) is 2. The van der Waals surface area contributed by atoms with Crippen molar-refractivity contribution >= 4 is 27.1 Å². The van der Waals surface area contributed by atoms with E-state index in [1.54, 1.807) is 6.07 Å². The van der Waals surface area contributed by atoms with Crippen LogP contribution in [0.5, 0.6) is 0 Å². The zero-order valence-corrected chi connectivity index (χ0v) is 18.5. The van der Waals surface area contributed by atoms with Crippen molar-refractivity contribution < 1.29 is 13.3 Å². The van der Waals surface area contributed by atoms with Gasteiger partial charge in [0.2, 0.25) is 0 Å². The van der Waals surface area contributed by atoms with Gasteiger partial charge in [0.15, 0.2) is 0 Å². The largest absolute Gasteiger partial charge is 0.378 e. The molecule has 3 aliphatic heterocycles. The Balaban J connectivity index is 1.53. The molecule has 3 fully saturated rings. The number of nitro benzene ring substituents is 1. The summed E-state index contributed by atoms with van der Waals surface area (Å²) in [7, 11) is -3.96. The Labute approximate surface area is 182 Å². The SMILES string of the molecule is Cc1ccc(NS(=O)(=O)c2ccc(NCC3CN4CCN3CC4)c([N+](=O)[O-])c2)c(C)c1. The van der Waals surface area contributed by atoms with Crippen LogP contribution in [0, 0.1) is 24.0 Å². The maximum atomic E-state index is 12.9. The molecule has 3 aliphatic rings. The fourth-order valence-corrected chi connectivity index (χ4v) is 5.41. The van der Waals surface area contributed by atoms with Crippen molar-refractivity contribution in [3.8, 4) is 0 Å². The minimum Gasteiger partial charge on any atom is -0.378 e. The molecule has 2 N–H and O–H groups in total. The van der Waals surface area contributed by atoms with Gasteiger partial charge in [0.05, 0.1) is 15.5 Å². The van der Waals surface area contributed by atoms with Crippen LogP contribution in [0.1, 0.15) is 11.1 Å². The predicted octanol–water partition coefficient (Wildman–Crippen LogP) is 2.42. The van der Waals surface area contributed by atoms with E-state index in [1.807, 2.05) is 26.0 Å². The van der Waals surface area contributed by atoms with Crippen LogP contribution in [-0.4, -0.2) is 68.5 Å². The van der Waals surface area contributed by atoms with Gasteiger partial charge in [0, 0.05) is 51.4 Å². The highest BCUT2D eigenvalue weighted by Gasteiger charge is 2.32. The smallest absolute Gasteiger partial charge is 0.293 e. The second kappa shape index (κ2) is 8.45. The lowest BCUT2D eigenvalue weighted by Crippen LogP contribution is -2.62. The van der Waals surface area contributed by atoms with Gasteiger partial charge < -0.3 is 5.32 Å². The number of sulfonamides is 1. The second-order valence-corrected chi connectivity index (χ2v) is 9.91. The number of nitro groups is 1. The van der Waals surface area contributed by atoms with Crippen LogP contribution in [0.25, 0.3) is 0 Å². The van der Waals surface area contributed by atoms with Crippen LogP contribution in [0.3, 0.4) is 0 Å². The Hall–Kier alpha value is -2.69. The monoisotopic (exact) mass is 445 g/mol. The summed E-state index contributed by atoms with van der Waals surface area (Å²) in [6.07, 6.45) is 0. The first-order valence-electron chi connectivity index (χ1n) is 10.3. The lowest BCUT2D eigenvalue weighted by atomic mass is 10.1. The number of anilines is 2. The summed E-state index contributed by atoms with van der Waals surface area (Å²) in [5.74, 6) is 0. The number of hydrogen-bond donors (Lipinski definition) is 2. The molecule has 0 amide bonds. The number of rotatable bonds is 7. The van der Waals surface area contributed by atoms with E-state index >= 15 is 0 Å². The quantitative estimate of drug-likeness (QED) is 0.498. The summed E-state index contributed by atoms with van der Waals surface area (Å²) >= 11 is 0. The number of benzene rings is 2. The fraction of sp³-hybridized carbons (Fsp3) is 0.429. The Morgan fingerprint density at radius 1 is 1.06 bits per heavy atom. The normalized spacial score (nSPS) is 22.8. The first-order chi connectivity index (χ1) is 14.7. The van der Waals surface area contributed by atoms with Crippen LogP contribution < -0.4 is 10.0 Å². The Kier molecular flexibility index (Phi) is 5.87. The van der Waals surface area contributed by atoms with Gasteiger partial charge in [0.25, 0.3) is 15.7 Å². The number of fused-ring (bicyclic) bond motifs is 3. The molecular formula is C21H27N5O4S. The minimum atomic E-state index is -3.96. The molecule has 2 aromatic carbocycles. The van der Waals surface area contributed by atoms with Gasteiger partial charge in [-0.1, -0.05) is 17.7 Å². The van der Waals surface area contributed by atoms with Crippen molar-refractivity contribution in [2.45, 2.75) is 24.8 Å². The molecule has 10 heteroatoms. The molecule has 2 aromatic rings. The summed E-state index contributed by atoms with van der Waals surface area (Å²) in [5, 5.41) is 14.8. The molecule has 0 radical (unpaired) electrons. The third-order valence-corrected chi connectivity index (χ3v) is 7.39. The van der Waals surface area contributed by atoms with Gasteiger partial charge >= 0.3 is 0 Å². The van der Waals surface area contributed by atoms with Crippen LogP contribution in [0.15, 0.2) is 41.3 Å². The van der Waals surface area contributed by atoms with E-state index < -0.39 is 14.9 Å². The van der Waals surface area contributed by atoms with Crippen LogP contribution >= 0.6 is 0 Å². The van der Waals surface area contributed by atoms with Crippen molar-refractivity contribution in [1.29, 1.82) is 0 Å². The maximum Gasteiger partial charge on any atom is 0.293 e. The molecule has 0 saturated carbocycles. The van der Waals surface area contributed by atoms with E-state index in [-0.39, 0.29) is 16.6 Å². The minimum absolute atomic E-state index is 0.142. The van der Waals surface area contributed by atoms with Crippen molar-refractivity contribution in [3.63, 3.8) is 0 Å². The van der Waals surface area contributed by atoms with E-state index in [9.17, 15) is 18.5 Å². The first kappa shape index (κ1) is 21.5. The highest BCUT2D eigenvalue weighted by atomic mass is 32.2. The molecular weight excluding hydrogens is 418 g/mol. The summed E-state index contributed by atoms with van der Waals surface area (Å²) in [5.41, 5.74) is 2.33. The molecule has 31 heavy (non-hydrogen) atoms. The molecule has 1 atom stereocenters. The van der Waals surface area contributed by atoms with E-state index in [2.05, 4.69) is 19.8 Å². The number of piperazine rings is 3. The van der Waals surface area contributed by atoms with Crippen LogP contribution in [0.4, 0.5) is 17.1 Å². The van der Waals surface area contributed by atoms with Gasteiger partial charge in [-0.3, -0.25) is 24.6 Å². The van der Waals surface area contributed by atoms with Crippen molar-refractivity contribution in [1.82, 2.24) is 9.80 Å². The Morgan fingerprint density at radius 2 is 1.77 bits per heavy atom. The highest BCUT2D eigenvalue weighted by molar-refractivity contribution is 7.92. The summed E-state index contributed by atoms with van der Waals surface area (Å²) in [6.45, 7) is 9.40.